The minimum Gasteiger partial charge on any atom is -0.388 e. The van der Waals surface area contributed by atoms with Crippen LogP contribution in [0.4, 0.5) is 10.1 Å². The van der Waals surface area contributed by atoms with Gasteiger partial charge in [-0.05, 0) is 23.6 Å². The Labute approximate surface area is 122 Å². The molecule has 1 aliphatic heterocycles. The summed E-state index contributed by atoms with van der Waals surface area (Å²) in [6, 6.07) is 12.3. The predicted octanol–water partition coefficient (Wildman–Crippen LogP) is 2.56. The summed E-state index contributed by atoms with van der Waals surface area (Å²) in [4.78, 5) is 13.4. The van der Waals surface area contributed by atoms with E-state index in [1.807, 2.05) is 23.1 Å². The van der Waals surface area contributed by atoms with Crippen LogP contribution in [0.25, 0.3) is 0 Å². The number of aliphatic hydroxyl groups excluding tert-OH is 1. The minimum absolute atomic E-state index is 0.183. The summed E-state index contributed by atoms with van der Waals surface area (Å²) in [5, 5.41) is 8.83. The monoisotopic (exact) mass is 285 g/mol. The molecule has 2 aromatic rings. The summed E-state index contributed by atoms with van der Waals surface area (Å²) >= 11 is 0. The van der Waals surface area contributed by atoms with E-state index in [-0.39, 0.29) is 11.6 Å². The molecule has 0 saturated carbocycles. The molecule has 1 heterocycles. The average molecular weight is 285 g/mol. The quantitative estimate of drug-likeness (QED) is 0.878. The number of benzene rings is 2. The van der Waals surface area contributed by atoms with Crippen molar-refractivity contribution in [2.75, 3.05) is 18.1 Å². The predicted molar refractivity (Wildman–Crippen MR) is 79.0 cm³/mol. The number of halogens is 1. The highest BCUT2D eigenvalue weighted by Crippen LogP contribution is 2.31. The van der Waals surface area contributed by atoms with E-state index >= 15 is 0 Å². The number of Topliss-reactive ketones (excluding diaryl/α,β-unsaturated/α-hetero) is 1. The van der Waals surface area contributed by atoms with Crippen LogP contribution in [0.2, 0.25) is 0 Å². The normalized spacial score (nSPS) is 13.3. The molecule has 0 spiro atoms. The van der Waals surface area contributed by atoms with Crippen LogP contribution >= 0.6 is 0 Å². The van der Waals surface area contributed by atoms with E-state index in [1.165, 1.54) is 6.07 Å². The Balaban J connectivity index is 1.79. The summed E-state index contributed by atoms with van der Waals surface area (Å²) in [5.41, 5.74) is 3.24. The van der Waals surface area contributed by atoms with Gasteiger partial charge >= 0.3 is 0 Å². The van der Waals surface area contributed by atoms with E-state index in [0.29, 0.717) is 17.8 Å². The van der Waals surface area contributed by atoms with Crippen LogP contribution in [0.1, 0.15) is 21.5 Å². The van der Waals surface area contributed by atoms with Crippen molar-refractivity contribution in [1.82, 2.24) is 0 Å². The van der Waals surface area contributed by atoms with Gasteiger partial charge in [-0.25, -0.2) is 4.39 Å². The third-order valence-corrected chi connectivity index (χ3v) is 3.83. The van der Waals surface area contributed by atoms with Crippen molar-refractivity contribution in [2.45, 2.75) is 13.0 Å². The van der Waals surface area contributed by atoms with Crippen molar-refractivity contribution in [3.05, 3.63) is 65.0 Å². The van der Waals surface area contributed by atoms with Crippen LogP contribution in [0.15, 0.2) is 42.5 Å². The van der Waals surface area contributed by atoms with Crippen molar-refractivity contribution in [3.8, 4) is 0 Å². The Hall–Kier alpha value is -2.20. The van der Waals surface area contributed by atoms with Crippen LogP contribution in [-0.2, 0) is 13.0 Å². The number of carbonyl (C=O) groups is 1. The zero-order valence-electron chi connectivity index (χ0n) is 11.6. The molecule has 4 heteroatoms. The zero-order valence-corrected chi connectivity index (χ0v) is 11.6. The zero-order chi connectivity index (χ0) is 14.8. The van der Waals surface area contributed by atoms with Crippen LogP contribution in [0.3, 0.4) is 0 Å². The molecule has 1 N–H and O–H groups in total. The number of rotatable bonds is 4. The first-order valence-corrected chi connectivity index (χ1v) is 6.94. The van der Waals surface area contributed by atoms with Crippen LogP contribution in [0, 0.1) is 5.82 Å². The molecule has 0 amide bonds. The third-order valence-electron chi connectivity index (χ3n) is 3.83. The second-order valence-electron chi connectivity index (χ2n) is 5.20. The molecule has 2 aromatic carbocycles. The van der Waals surface area contributed by atoms with Crippen LogP contribution in [0.5, 0.6) is 0 Å². The van der Waals surface area contributed by atoms with Gasteiger partial charge in [0.05, 0.1) is 5.69 Å². The molecule has 3 rings (SSSR count). The molecule has 0 bridgehead atoms. The van der Waals surface area contributed by atoms with Crippen molar-refractivity contribution in [3.63, 3.8) is 0 Å². The van der Waals surface area contributed by atoms with Gasteiger partial charge in [0.25, 0.3) is 0 Å². The molecule has 0 unspecified atom stereocenters. The Kier molecular flexibility index (Phi) is 3.71. The second-order valence-corrected chi connectivity index (χ2v) is 5.20. The maximum Gasteiger partial charge on any atom is 0.188 e. The van der Waals surface area contributed by atoms with Gasteiger partial charge < -0.3 is 10.0 Å². The summed E-state index contributed by atoms with van der Waals surface area (Å²) in [6.45, 7) is 0.930. The van der Waals surface area contributed by atoms with Gasteiger partial charge in [-0.1, -0.05) is 36.4 Å². The van der Waals surface area contributed by atoms with E-state index in [9.17, 15) is 9.18 Å². The third kappa shape index (κ3) is 2.67. The molecule has 1 aliphatic rings. The number of hydrogen-bond donors (Lipinski definition) is 1. The first kappa shape index (κ1) is 13.8. The summed E-state index contributed by atoms with van der Waals surface area (Å²) < 4.78 is 13.9. The summed E-state index contributed by atoms with van der Waals surface area (Å²) in [7, 11) is 0. The lowest BCUT2D eigenvalue weighted by Gasteiger charge is -2.20. The number of carbonyl (C=O) groups excluding carboxylic acids is 1. The Morgan fingerprint density at radius 1 is 1.19 bits per heavy atom. The van der Waals surface area contributed by atoms with E-state index in [4.69, 9.17) is 5.11 Å². The van der Waals surface area contributed by atoms with Gasteiger partial charge in [-0.3, -0.25) is 4.79 Å². The standard InChI is InChI=1S/C17H16FNO2/c18-15-3-1-2-14-8-9-19(17(14)15)10-12-4-6-13(7-5-12)16(21)11-20/h1-7,20H,8-11H2. The van der Waals surface area contributed by atoms with E-state index in [0.717, 1.165) is 24.1 Å². The molecule has 0 aliphatic carbocycles. The average Bonchev–Trinajstić information content (AvgIpc) is 2.92. The minimum atomic E-state index is -0.482. The highest BCUT2D eigenvalue weighted by Gasteiger charge is 2.22. The number of ketones is 1. The lowest BCUT2D eigenvalue weighted by Crippen LogP contribution is -2.20. The lowest BCUT2D eigenvalue weighted by molar-refractivity contribution is 0.0903. The molecular weight excluding hydrogens is 269 g/mol. The molecule has 0 fully saturated rings. The molecule has 3 nitrogen and oxygen atoms in total. The fourth-order valence-corrected chi connectivity index (χ4v) is 2.75. The Morgan fingerprint density at radius 2 is 1.95 bits per heavy atom. The molecule has 0 saturated heterocycles. The summed E-state index contributed by atoms with van der Waals surface area (Å²) in [5.74, 6) is -0.476. The second kappa shape index (κ2) is 5.66. The van der Waals surface area contributed by atoms with Gasteiger partial charge in [-0.15, -0.1) is 0 Å². The lowest BCUT2D eigenvalue weighted by atomic mass is 10.1. The van der Waals surface area contributed by atoms with Crippen LogP contribution < -0.4 is 4.90 Å². The molecule has 0 aromatic heterocycles. The van der Waals surface area contributed by atoms with Gasteiger partial charge in [-0.2, -0.15) is 0 Å². The molecule has 0 atom stereocenters. The van der Waals surface area contributed by atoms with Crippen molar-refractivity contribution in [2.24, 2.45) is 0 Å². The van der Waals surface area contributed by atoms with E-state index in [2.05, 4.69) is 0 Å². The summed E-state index contributed by atoms with van der Waals surface area (Å²) in [6.07, 6.45) is 0.855. The van der Waals surface area contributed by atoms with Crippen LogP contribution in [-0.4, -0.2) is 24.0 Å². The van der Waals surface area contributed by atoms with Crippen molar-refractivity contribution < 1.29 is 14.3 Å². The molecule has 21 heavy (non-hydrogen) atoms. The number of hydrogen-bond acceptors (Lipinski definition) is 3. The fourth-order valence-electron chi connectivity index (χ4n) is 2.75. The van der Waals surface area contributed by atoms with Gasteiger partial charge in [0.2, 0.25) is 0 Å². The van der Waals surface area contributed by atoms with Crippen molar-refractivity contribution in [1.29, 1.82) is 0 Å². The van der Waals surface area contributed by atoms with Crippen molar-refractivity contribution >= 4 is 11.5 Å². The highest BCUT2D eigenvalue weighted by atomic mass is 19.1. The number of nitrogens with zero attached hydrogens (tertiary/aromatic N) is 1. The van der Waals surface area contributed by atoms with Gasteiger partial charge in [0.1, 0.15) is 12.4 Å². The number of anilines is 1. The maximum absolute atomic E-state index is 13.9. The Morgan fingerprint density at radius 3 is 2.67 bits per heavy atom. The number of aliphatic hydroxyl groups is 1. The molecule has 108 valence electrons. The largest absolute Gasteiger partial charge is 0.388 e. The topological polar surface area (TPSA) is 40.5 Å². The van der Waals surface area contributed by atoms with E-state index < -0.39 is 6.61 Å². The first-order valence-electron chi connectivity index (χ1n) is 6.94. The maximum atomic E-state index is 13.9. The van der Waals surface area contributed by atoms with E-state index in [1.54, 1.807) is 18.2 Å². The first-order chi connectivity index (χ1) is 10.2. The molecular formula is C17H16FNO2. The van der Waals surface area contributed by atoms with Gasteiger partial charge in [0, 0.05) is 18.7 Å². The SMILES string of the molecule is O=C(CO)c1ccc(CN2CCc3cccc(F)c32)cc1. The fraction of sp³-hybridized carbons (Fsp3) is 0.235. The van der Waals surface area contributed by atoms with Gasteiger partial charge in [0.15, 0.2) is 5.78 Å². The highest BCUT2D eigenvalue weighted by molar-refractivity contribution is 5.96. The molecule has 0 radical (unpaired) electrons. The number of para-hydroxylation sites is 1. The smallest absolute Gasteiger partial charge is 0.188 e. The Bertz CT molecular complexity index is 667. The number of fused-ring (bicyclic) bond motifs is 1.